The number of hydrogen-bond donors (Lipinski definition) is 1. The lowest BCUT2D eigenvalue weighted by molar-refractivity contribution is -0.384. The van der Waals surface area contributed by atoms with Gasteiger partial charge in [-0.25, -0.2) is 0 Å². The fraction of sp³-hybridized carbons (Fsp3) is 0.312. The molecule has 2 heterocycles. The van der Waals surface area contributed by atoms with Crippen LogP contribution >= 0.6 is 0 Å². The lowest BCUT2D eigenvalue weighted by Gasteiger charge is -2.05. The van der Waals surface area contributed by atoms with Crippen molar-refractivity contribution in [2.45, 2.75) is 19.4 Å². The van der Waals surface area contributed by atoms with Crippen molar-refractivity contribution < 1.29 is 9.72 Å². The van der Waals surface area contributed by atoms with Gasteiger partial charge in [-0.3, -0.25) is 24.3 Å². The number of non-ortho nitro benzene ring substituents is 1. The number of hydrogen-bond acceptors (Lipinski definition) is 5. The molecule has 2 aromatic heterocycles. The molecule has 0 fully saturated rings. The number of nitro groups is 1. The number of aryl methyl sites for hydroxylation is 2. The first kappa shape index (κ1) is 16.6. The van der Waals surface area contributed by atoms with Crippen molar-refractivity contribution in [3.8, 4) is 0 Å². The number of fused-ring (bicyclic) bond motifs is 1. The summed E-state index contributed by atoms with van der Waals surface area (Å²) >= 11 is 0. The van der Waals surface area contributed by atoms with Gasteiger partial charge in [-0.05, 0) is 18.1 Å². The number of nitrogens with one attached hydrogen (secondary N) is 1. The van der Waals surface area contributed by atoms with Gasteiger partial charge in [0, 0.05) is 43.7 Å². The van der Waals surface area contributed by atoms with Gasteiger partial charge in [-0.15, -0.1) is 0 Å². The molecule has 9 heteroatoms. The first-order valence-electron chi connectivity index (χ1n) is 7.87. The van der Waals surface area contributed by atoms with Gasteiger partial charge in [-0.2, -0.15) is 10.2 Å². The maximum absolute atomic E-state index is 12.0. The van der Waals surface area contributed by atoms with Gasteiger partial charge in [0.15, 0.2) is 0 Å². The Balaban J connectivity index is 1.54. The van der Waals surface area contributed by atoms with Crippen LogP contribution in [0.3, 0.4) is 0 Å². The van der Waals surface area contributed by atoms with E-state index in [1.54, 1.807) is 27.8 Å². The van der Waals surface area contributed by atoms with Crippen molar-refractivity contribution in [2.75, 3.05) is 6.54 Å². The molecule has 0 saturated heterocycles. The number of aromatic nitrogens is 4. The van der Waals surface area contributed by atoms with Gasteiger partial charge < -0.3 is 5.32 Å². The minimum absolute atomic E-state index is 0.00942. The van der Waals surface area contributed by atoms with Crippen LogP contribution < -0.4 is 5.32 Å². The van der Waals surface area contributed by atoms with Crippen molar-refractivity contribution in [2.24, 2.45) is 7.05 Å². The van der Waals surface area contributed by atoms with E-state index in [0.717, 1.165) is 17.4 Å². The Morgan fingerprint density at radius 2 is 2.16 bits per heavy atom. The molecule has 130 valence electrons. The Kier molecular flexibility index (Phi) is 4.73. The minimum atomic E-state index is -0.443. The highest BCUT2D eigenvalue weighted by atomic mass is 16.6. The summed E-state index contributed by atoms with van der Waals surface area (Å²) in [5.74, 6) is -0.0852. The Hall–Kier alpha value is -3.23. The van der Waals surface area contributed by atoms with Crippen molar-refractivity contribution in [1.82, 2.24) is 24.9 Å². The van der Waals surface area contributed by atoms with Crippen molar-refractivity contribution >= 4 is 22.5 Å². The number of amides is 1. The molecule has 1 aromatic carbocycles. The van der Waals surface area contributed by atoms with Crippen LogP contribution in [-0.4, -0.2) is 36.9 Å². The van der Waals surface area contributed by atoms with Gasteiger partial charge >= 0.3 is 0 Å². The summed E-state index contributed by atoms with van der Waals surface area (Å²) in [5.41, 5.74) is 1.72. The highest BCUT2D eigenvalue weighted by Crippen LogP contribution is 2.20. The van der Waals surface area contributed by atoms with Crippen LogP contribution in [0.4, 0.5) is 5.69 Å². The van der Waals surface area contributed by atoms with Crippen LogP contribution in [0.2, 0.25) is 0 Å². The Labute approximate surface area is 143 Å². The van der Waals surface area contributed by atoms with Crippen LogP contribution in [0.15, 0.2) is 36.8 Å². The van der Waals surface area contributed by atoms with Gasteiger partial charge in [0.2, 0.25) is 5.91 Å². The van der Waals surface area contributed by atoms with Gasteiger partial charge in [0.25, 0.3) is 5.69 Å². The van der Waals surface area contributed by atoms with Crippen LogP contribution in [0, 0.1) is 10.1 Å². The molecule has 1 amide bonds. The summed E-state index contributed by atoms with van der Waals surface area (Å²) in [6, 6.07) is 4.58. The second kappa shape index (κ2) is 7.12. The molecule has 0 atom stereocenters. The molecule has 0 aliphatic heterocycles. The lowest BCUT2D eigenvalue weighted by Crippen LogP contribution is -2.26. The molecule has 9 nitrogen and oxygen atoms in total. The molecule has 0 spiro atoms. The molecule has 0 aliphatic rings. The summed E-state index contributed by atoms with van der Waals surface area (Å²) in [6.45, 7) is 0.902. The lowest BCUT2D eigenvalue weighted by atomic mass is 10.2. The zero-order valence-electron chi connectivity index (χ0n) is 13.8. The average Bonchev–Trinajstić information content (AvgIpc) is 3.18. The number of nitrogens with zero attached hydrogens (tertiary/aromatic N) is 5. The summed E-state index contributed by atoms with van der Waals surface area (Å²) in [5, 5.41) is 22.8. The monoisotopic (exact) mass is 342 g/mol. The van der Waals surface area contributed by atoms with Crippen molar-refractivity contribution in [3.05, 3.63) is 52.5 Å². The number of carbonyl (C=O) groups excluding carboxylic acids is 1. The Morgan fingerprint density at radius 1 is 1.32 bits per heavy atom. The number of rotatable bonds is 7. The number of nitro benzene ring substituents is 1. The van der Waals surface area contributed by atoms with Crippen LogP contribution in [0.1, 0.15) is 12.0 Å². The van der Waals surface area contributed by atoms with E-state index >= 15 is 0 Å². The molecule has 0 bridgehead atoms. The maximum Gasteiger partial charge on any atom is 0.271 e. The van der Waals surface area contributed by atoms with Gasteiger partial charge in [0.1, 0.15) is 0 Å². The van der Waals surface area contributed by atoms with E-state index in [-0.39, 0.29) is 18.0 Å². The molecule has 3 aromatic rings. The molecular formula is C16H18N6O3. The molecule has 3 rings (SSSR count). The second-order valence-electron chi connectivity index (χ2n) is 5.74. The quantitative estimate of drug-likeness (QED) is 0.516. The Bertz CT molecular complexity index is 914. The van der Waals surface area contributed by atoms with E-state index in [4.69, 9.17) is 0 Å². The second-order valence-corrected chi connectivity index (χ2v) is 5.74. The minimum Gasteiger partial charge on any atom is -0.356 e. The summed E-state index contributed by atoms with van der Waals surface area (Å²) in [4.78, 5) is 22.4. The summed E-state index contributed by atoms with van der Waals surface area (Å²) in [7, 11) is 1.85. The van der Waals surface area contributed by atoms with E-state index in [9.17, 15) is 14.9 Å². The zero-order valence-corrected chi connectivity index (χ0v) is 13.8. The number of carbonyl (C=O) groups is 1. The standard InChI is InChI=1S/C16H18N6O3/c1-20-11-12(9-18-20)4-6-17-16(23)5-7-21-15-8-14(22(24)25)3-2-13(15)10-19-21/h2-3,8-11H,4-7H2,1H3,(H,17,23). The third-order valence-corrected chi connectivity index (χ3v) is 3.88. The maximum atomic E-state index is 12.0. The summed E-state index contributed by atoms with van der Waals surface area (Å²) < 4.78 is 3.34. The molecule has 0 aliphatic carbocycles. The number of benzene rings is 1. The largest absolute Gasteiger partial charge is 0.356 e. The third-order valence-electron chi connectivity index (χ3n) is 3.88. The average molecular weight is 342 g/mol. The van der Waals surface area contributed by atoms with Crippen molar-refractivity contribution in [1.29, 1.82) is 0 Å². The predicted molar refractivity (Wildman–Crippen MR) is 90.9 cm³/mol. The fourth-order valence-electron chi connectivity index (χ4n) is 2.59. The summed E-state index contributed by atoms with van der Waals surface area (Å²) in [6.07, 6.45) is 6.30. The molecule has 0 saturated carbocycles. The van der Waals surface area contributed by atoms with E-state index in [0.29, 0.717) is 18.6 Å². The zero-order chi connectivity index (χ0) is 17.8. The van der Waals surface area contributed by atoms with Gasteiger partial charge in [0.05, 0.1) is 29.4 Å². The highest BCUT2D eigenvalue weighted by Gasteiger charge is 2.11. The first-order valence-corrected chi connectivity index (χ1v) is 7.87. The van der Waals surface area contributed by atoms with E-state index in [2.05, 4.69) is 15.5 Å². The smallest absolute Gasteiger partial charge is 0.271 e. The normalized spacial score (nSPS) is 10.9. The molecule has 25 heavy (non-hydrogen) atoms. The topological polar surface area (TPSA) is 108 Å². The van der Waals surface area contributed by atoms with Gasteiger partial charge in [-0.1, -0.05) is 0 Å². The highest BCUT2D eigenvalue weighted by molar-refractivity contribution is 5.81. The molecular weight excluding hydrogens is 324 g/mol. The van der Waals surface area contributed by atoms with Crippen LogP contribution in [0.25, 0.3) is 10.9 Å². The third kappa shape index (κ3) is 4.00. The van der Waals surface area contributed by atoms with E-state index < -0.39 is 4.92 Å². The first-order chi connectivity index (χ1) is 12.0. The van der Waals surface area contributed by atoms with E-state index in [1.807, 2.05) is 13.2 Å². The van der Waals surface area contributed by atoms with Crippen LogP contribution in [0.5, 0.6) is 0 Å². The molecule has 1 N–H and O–H groups in total. The van der Waals surface area contributed by atoms with Crippen LogP contribution in [-0.2, 0) is 24.8 Å². The molecule has 0 unspecified atom stereocenters. The predicted octanol–water partition coefficient (Wildman–Crippen LogP) is 1.43. The Morgan fingerprint density at radius 3 is 2.88 bits per heavy atom. The van der Waals surface area contributed by atoms with Crippen molar-refractivity contribution in [3.63, 3.8) is 0 Å². The fourth-order valence-corrected chi connectivity index (χ4v) is 2.59. The van der Waals surface area contributed by atoms with E-state index in [1.165, 1.54) is 12.1 Å². The molecule has 0 radical (unpaired) electrons. The SMILES string of the molecule is Cn1cc(CCNC(=O)CCn2ncc3ccc([N+](=O)[O-])cc32)cn1.